The Hall–Kier alpha value is -1.96. The van der Waals surface area contributed by atoms with E-state index < -0.39 is 5.91 Å². The standard InChI is InChI=1S/C19H23BrN4O2/c1-14-17(20)13-24(21-14)12-11-23-10-2-3-18(23)16-7-4-15(5-8-16)6-9-19(25)22-26/h4-9,13,18,26H,2-3,10-12H2,1H3,(H,22,25). The number of nitrogens with one attached hydrogen (secondary N) is 1. The predicted octanol–water partition coefficient (Wildman–Crippen LogP) is 3.31. The van der Waals surface area contributed by atoms with E-state index in [1.165, 1.54) is 18.1 Å². The maximum absolute atomic E-state index is 11.1. The second-order valence-corrected chi connectivity index (χ2v) is 7.35. The van der Waals surface area contributed by atoms with Gasteiger partial charge in [0.25, 0.3) is 5.91 Å². The van der Waals surface area contributed by atoms with Crippen molar-refractivity contribution in [1.82, 2.24) is 20.2 Å². The number of aryl methyl sites for hydroxylation is 1. The first-order chi connectivity index (χ1) is 12.6. The monoisotopic (exact) mass is 418 g/mol. The van der Waals surface area contributed by atoms with Crippen molar-refractivity contribution >= 4 is 27.9 Å². The molecule has 7 heteroatoms. The molecular formula is C19H23BrN4O2. The van der Waals surface area contributed by atoms with Crippen LogP contribution in [-0.4, -0.2) is 38.9 Å². The summed E-state index contributed by atoms with van der Waals surface area (Å²) in [5.74, 6) is -0.531. The van der Waals surface area contributed by atoms with Crippen molar-refractivity contribution in [1.29, 1.82) is 0 Å². The van der Waals surface area contributed by atoms with Crippen molar-refractivity contribution in [3.8, 4) is 0 Å². The molecule has 1 saturated heterocycles. The summed E-state index contributed by atoms with van der Waals surface area (Å²) in [6, 6.07) is 8.67. The first kappa shape index (κ1) is 18.8. The van der Waals surface area contributed by atoms with Crippen LogP contribution in [0.4, 0.5) is 0 Å². The zero-order chi connectivity index (χ0) is 18.5. The Bertz CT molecular complexity index is 766. The van der Waals surface area contributed by atoms with E-state index in [0.29, 0.717) is 6.04 Å². The number of nitrogens with zero attached hydrogens (tertiary/aromatic N) is 3. The van der Waals surface area contributed by atoms with Gasteiger partial charge in [-0.25, -0.2) is 5.48 Å². The van der Waals surface area contributed by atoms with E-state index in [1.54, 1.807) is 11.6 Å². The molecule has 0 bridgehead atoms. The molecule has 0 saturated carbocycles. The summed E-state index contributed by atoms with van der Waals surface area (Å²) in [5.41, 5.74) is 4.83. The summed E-state index contributed by atoms with van der Waals surface area (Å²) in [6.45, 7) is 4.94. The topological polar surface area (TPSA) is 70.4 Å². The van der Waals surface area contributed by atoms with E-state index in [2.05, 4.69) is 38.1 Å². The van der Waals surface area contributed by atoms with Gasteiger partial charge >= 0.3 is 0 Å². The lowest BCUT2D eigenvalue weighted by Crippen LogP contribution is -2.27. The van der Waals surface area contributed by atoms with Gasteiger partial charge in [0.05, 0.1) is 16.7 Å². The third-order valence-corrected chi connectivity index (χ3v) is 5.50. The van der Waals surface area contributed by atoms with Gasteiger partial charge in [-0.15, -0.1) is 0 Å². The summed E-state index contributed by atoms with van der Waals surface area (Å²) in [7, 11) is 0. The smallest absolute Gasteiger partial charge is 0.267 e. The van der Waals surface area contributed by atoms with Crippen LogP contribution in [0, 0.1) is 6.92 Å². The van der Waals surface area contributed by atoms with Crippen LogP contribution in [0.2, 0.25) is 0 Å². The molecule has 2 aromatic rings. The van der Waals surface area contributed by atoms with Gasteiger partial charge < -0.3 is 0 Å². The lowest BCUT2D eigenvalue weighted by molar-refractivity contribution is -0.124. The quantitative estimate of drug-likeness (QED) is 0.428. The van der Waals surface area contributed by atoms with E-state index in [4.69, 9.17) is 5.21 Å². The van der Waals surface area contributed by atoms with Crippen LogP contribution in [0.3, 0.4) is 0 Å². The molecule has 1 atom stereocenters. The average Bonchev–Trinajstić information content (AvgIpc) is 3.24. The maximum atomic E-state index is 11.1. The van der Waals surface area contributed by atoms with E-state index in [-0.39, 0.29) is 0 Å². The minimum absolute atomic E-state index is 0.425. The number of carbonyl (C=O) groups is 1. The van der Waals surface area contributed by atoms with Crippen LogP contribution in [-0.2, 0) is 11.3 Å². The second kappa shape index (κ2) is 8.62. The van der Waals surface area contributed by atoms with E-state index in [9.17, 15) is 4.79 Å². The van der Waals surface area contributed by atoms with Crippen LogP contribution >= 0.6 is 15.9 Å². The van der Waals surface area contributed by atoms with Crippen molar-refractivity contribution < 1.29 is 10.0 Å². The minimum atomic E-state index is -0.531. The largest absolute Gasteiger partial charge is 0.294 e. The molecule has 2 N–H and O–H groups in total. The van der Waals surface area contributed by atoms with Gasteiger partial charge in [0.2, 0.25) is 0 Å². The van der Waals surface area contributed by atoms with Crippen molar-refractivity contribution in [3.63, 3.8) is 0 Å². The highest BCUT2D eigenvalue weighted by atomic mass is 79.9. The van der Waals surface area contributed by atoms with Gasteiger partial charge in [-0.1, -0.05) is 24.3 Å². The Labute approximate surface area is 161 Å². The molecule has 3 rings (SSSR count). The zero-order valence-electron chi connectivity index (χ0n) is 14.7. The third-order valence-electron chi connectivity index (χ3n) is 4.73. The van der Waals surface area contributed by atoms with E-state index in [1.807, 2.05) is 29.9 Å². The van der Waals surface area contributed by atoms with Crippen molar-refractivity contribution in [2.24, 2.45) is 0 Å². The predicted molar refractivity (Wildman–Crippen MR) is 104 cm³/mol. The van der Waals surface area contributed by atoms with Crippen LogP contribution < -0.4 is 5.48 Å². The molecule has 0 spiro atoms. The number of hydroxylamine groups is 1. The highest BCUT2D eigenvalue weighted by Crippen LogP contribution is 2.32. The zero-order valence-corrected chi connectivity index (χ0v) is 16.3. The lowest BCUT2D eigenvalue weighted by Gasteiger charge is -2.24. The summed E-state index contributed by atoms with van der Waals surface area (Å²) >= 11 is 3.51. The number of amides is 1. The normalized spacial score (nSPS) is 17.9. The minimum Gasteiger partial charge on any atom is -0.294 e. The van der Waals surface area contributed by atoms with Crippen LogP contribution in [0.5, 0.6) is 0 Å². The number of rotatable bonds is 6. The third kappa shape index (κ3) is 4.60. The highest BCUT2D eigenvalue weighted by Gasteiger charge is 2.25. The number of halogens is 1. The molecule has 6 nitrogen and oxygen atoms in total. The molecule has 1 unspecified atom stereocenters. The molecule has 1 amide bonds. The fraction of sp³-hybridized carbons (Fsp3) is 0.368. The molecule has 0 radical (unpaired) electrons. The van der Waals surface area contributed by atoms with Crippen LogP contribution in [0.25, 0.3) is 6.08 Å². The average molecular weight is 419 g/mol. The first-order valence-electron chi connectivity index (χ1n) is 8.72. The Kier molecular flexibility index (Phi) is 6.24. The fourth-order valence-corrected chi connectivity index (χ4v) is 3.66. The molecule has 26 heavy (non-hydrogen) atoms. The van der Waals surface area contributed by atoms with Crippen LogP contribution in [0.1, 0.15) is 35.7 Å². The SMILES string of the molecule is Cc1nn(CCN2CCCC2c2ccc(C=CC(=O)NO)cc2)cc1Br. The number of hydrogen-bond donors (Lipinski definition) is 2. The Morgan fingerprint density at radius 2 is 2.15 bits per heavy atom. The summed E-state index contributed by atoms with van der Waals surface area (Å²) < 4.78 is 3.04. The Morgan fingerprint density at radius 1 is 1.38 bits per heavy atom. The highest BCUT2D eigenvalue weighted by molar-refractivity contribution is 9.10. The number of carbonyl (C=O) groups excluding carboxylic acids is 1. The number of hydrogen-bond acceptors (Lipinski definition) is 4. The van der Waals surface area contributed by atoms with Gasteiger partial charge in [-0.2, -0.15) is 5.10 Å². The van der Waals surface area contributed by atoms with Gasteiger partial charge in [-0.05, 0) is 59.4 Å². The molecule has 0 aliphatic carbocycles. The molecule has 1 aliphatic rings. The second-order valence-electron chi connectivity index (χ2n) is 6.50. The number of aromatic nitrogens is 2. The van der Waals surface area contributed by atoms with Crippen molar-refractivity contribution in [2.45, 2.75) is 32.4 Å². The van der Waals surface area contributed by atoms with Crippen molar-refractivity contribution in [3.05, 3.63) is 57.8 Å². The van der Waals surface area contributed by atoms with Gasteiger partial charge in [0.15, 0.2) is 0 Å². The summed E-state index contributed by atoms with van der Waals surface area (Å²) in [5, 5.41) is 13.0. The molecule has 2 heterocycles. The Balaban J connectivity index is 1.62. The van der Waals surface area contributed by atoms with Gasteiger partial charge in [0.1, 0.15) is 0 Å². The van der Waals surface area contributed by atoms with E-state index in [0.717, 1.165) is 41.8 Å². The molecule has 1 aliphatic heterocycles. The maximum Gasteiger partial charge on any atom is 0.267 e. The van der Waals surface area contributed by atoms with Crippen molar-refractivity contribution in [2.75, 3.05) is 13.1 Å². The van der Waals surface area contributed by atoms with Gasteiger partial charge in [-0.3, -0.25) is 19.6 Å². The van der Waals surface area contributed by atoms with E-state index >= 15 is 0 Å². The molecule has 138 valence electrons. The van der Waals surface area contributed by atoms with Crippen LogP contribution in [0.15, 0.2) is 41.0 Å². The molecule has 1 aromatic heterocycles. The lowest BCUT2D eigenvalue weighted by atomic mass is 10.0. The number of benzene rings is 1. The Morgan fingerprint density at radius 3 is 2.81 bits per heavy atom. The first-order valence-corrected chi connectivity index (χ1v) is 9.52. The summed E-state index contributed by atoms with van der Waals surface area (Å²) in [6.07, 6.45) is 7.37. The number of likely N-dealkylation sites (tertiary alicyclic amines) is 1. The molecule has 1 aromatic carbocycles. The fourth-order valence-electron chi connectivity index (χ4n) is 3.35. The van der Waals surface area contributed by atoms with Gasteiger partial charge in [0, 0.05) is 24.9 Å². The molecule has 1 fully saturated rings. The molecular weight excluding hydrogens is 396 g/mol. The summed E-state index contributed by atoms with van der Waals surface area (Å²) in [4.78, 5) is 13.6.